The van der Waals surface area contributed by atoms with Crippen LogP contribution in [0.3, 0.4) is 0 Å². The van der Waals surface area contributed by atoms with Gasteiger partial charge in [0.25, 0.3) is 0 Å². The SMILES string of the molecule is Cc1c(N)cc(Cl)cc1S(=O)(=O)NCCc1ccccn1. The van der Waals surface area contributed by atoms with E-state index < -0.39 is 10.0 Å². The summed E-state index contributed by atoms with van der Waals surface area (Å²) in [6, 6.07) is 8.45. The first-order chi connectivity index (χ1) is 9.90. The molecule has 21 heavy (non-hydrogen) atoms. The first kappa shape index (κ1) is 15.8. The monoisotopic (exact) mass is 325 g/mol. The summed E-state index contributed by atoms with van der Waals surface area (Å²) in [4.78, 5) is 4.25. The number of anilines is 1. The Hall–Kier alpha value is -1.63. The van der Waals surface area contributed by atoms with Crippen LogP contribution in [0.2, 0.25) is 5.02 Å². The molecule has 0 bridgehead atoms. The van der Waals surface area contributed by atoms with E-state index in [9.17, 15) is 8.42 Å². The second-order valence-electron chi connectivity index (χ2n) is 4.59. The molecule has 0 atom stereocenters. The van der Waals surface area contributed by atoms with Crippen LogP contribution in [-0.4, -0.2) is 19.9 Å². The zero-order valence-corrected chi connectivity index (χ0v) is 13.1. The van der Waals surface area contributed by atoms with Gasteiger partial charge in [-0.25, -0.2) is 13.1 Å². The molecule has 0 saturated heterocycles. The van der Waals surface area contributed by atoms with Gasteiger partial charge in [0.2, 0.25) is 10.0 Å². The Bertz CT molecular complexity index is 733. The van der Waals surface area contributed by atoms with Crippen molar-refractivity contribution in [1.82, 2.24) is 9.71 Å². The van der Waals surface area contributed by atoms with Crippen LogP contribution in [0.15, 0.2) is 41.4 Å². The molecule has 0 fully saturated rings. The third-order valence-corrected chi connectivity index (χ3v) is 4.86. The van der Waals surface area contributed by atoms with Crippen molar-refractivity contribution in [2.24, 2.45) is 0 Å². The number of sulfonamides is 1. The van der Waals surface area contributed by atoms with E-state index in [0.717, 1.165) is 5.69 Å². The Kier molecular flexibility index (Phi) is 4.82. The lowest BCUT2D eigenvalue weighted by Crippen LogP contribution is -2.27. The van der Waals surface area contributed by atoms with Gasteiger partial charge in [-0.15, -0.1) is 0 Å². The first-order valence-electron chi connectivity index (χ1n) is 6.35. The molecular formula is C14H16ClN3O2S. The van der Waals surface area contributed by atoms with Crippen molar-refractivity contribution < 1.29 is 8.42 Å². The second kappa shape index (κ2) is 6.43. The Balaban J connectivity index is 2.12. The molecule has 5 nitrogen and oxygen atoms in total. The smallest absolute Gasteiger partial charge is 0.240 e. The molecule has 0 amide bonds. The minimum atomic E-state index is -3.65. The van der Waals surface area contributed by atoms with E-state index in [1.807, 2.05) is 18.2 Å². The van der Waals surface area contributed by atoms with Crippen molar-refractivity contribution in [3.05, 3.63) is 52.8 Å². The largest absolute Gasteiger partial charge is 0.398 e. The van der Waals surface area contributed by atoms with Crippen LogP contribution in [0.4, 0.5) is 5.69 Å². The predicted octanol–water partition coefficient (Wildman–Crippen LogP) is 2.15. The molecule has 2 aromatic rings. The van der Waals surface area contributed by atoms with Gasteiger partial charge in [0, 0.05) is 35.6 Å². The third kappa shape index (κ3) is 3.93. The van der Waals surface area contributed by atoms with Gasteiger partial charge in [-0.1, -0.05) is 17.7 Å². The minimum Gasteiger partial charge on any atom is -0.398 e. The van der Waals surface area contributed by atoms with Gasteiger partial charge in [-0.2, -0.15) is 0 Å². The molecule has 0 aliphatic rings. The molecule has 7 heteroatoms. The molecule has 1 heterocycles. The average molecular weight is 326 g/mol. The second-order valence-corrected chi connectivity index (χ2v) is 6.76. The highest BCUT2D eigenvalue weighted by Gasteiger charge is 2.18. The fourth-order valence-corrected chi connectivity index (χ4v) is 3.51. The van der Waals surface area contributed by atoms with Gasteiger partial charge >= 0.3 is 0 Å². The van der Waals surface area contributed by atoms with Gasteiger partial charge in [-0.05, 0) is 36.8 Å². The number of nitrogens with zero attached hydrogens (tertiary/aromatic N) is 1. The Morgan fingerprint density at radius 1 is 1.33 bits per heavy atom. The average Bonchev–Trinajstić information content (AvgIpc) is 2.43. The van der Waals surface area contributed by atoms with Crippen molar-refractivity contribution in [1.29, 1.82) is 0 Å². The summed E-state index contributed by atoms with van der Waals surface area (Å²) in [5, 5.41) is 0.295. The van der Waals surface area contributed by atoms with Crippen molar-refractivity contribution in [2.75, 3.05) is 12.3 Å². The maximum Gasteiger partial charge on any atom is 0.240 e. The number of rotatable bonds is 5. The molecule has 0 unspecified atom stereocenters. The van der Waals surface area contributed by atoms with E-state index in [-0.39, 0.29) is 11.4 Å². The Morgan fingerprint density at radius 3 is 2.76 bits per heavy atom. The molecule has 0 spiro atoms. The summed E-state index contributed by atoms with van der Waals surface area (Å²) in [5.74, 6) is 0. The zero-order valence-electron chi connectivity index (χ0n) is 11.5. The Labute approximate surface area is 129 Å². The standard InChI is InChI=1S/C14H16ClN3O2S/c1-10-13(16)8-11(15)9-14(10)21(19,20)18-7-5-12-4-2-3-6-17-12/h2-4,6,8-9,18H,5,7,16H2,1H3. The summed E-state index contributed by atoms with van der Waals surface area (Å²) in [6.45, 7) is 1.91. The number of nitrogens with one attached hydrogen (secondary N) is 1. The molecule has 1 aromatic carbocycles. The Morgan fingerprint density at radius 2 is 2.10 bits per heavy atom. The highest BCUT2D eigenvalue weighted by atomic mass is 35.5. The van der Waals surface area contributed by atoms with E-state index in [2.05, 4.69) is 9.71 Å². The lowest BCUT2D eigenvalue weighted by molar-refractivity contribution is 0.580. The van der Waals surface area contributed by atoms with Crippen LogP contribution in [0, 0.1) is 6.92 Å². The predicted molar refractivity (Wildman–Crippen MR) is 83.7 cm³/mol. The van der Waals surface area contributed by atoms with Gasteiger partial charge in [0.1, 0.15) is 0 Å². The number of halogens is 1. The highest BCUT2D eigenvalue weighted by molar-refractivity contribution is 7.89. The van der Waals surface area contributed by atoms with Crippen LogP contribution in [0.1, 0.15) is 11.3 Å². The topological polar surface area (TPSA) is 85.1 Å². The van der Waals surface area contributed by atoms with Crippen molar-refractivity contribution in [2.45, 2.75) is 18.2 Å². The molecule has 0 aliphatic heterocycles. The van der Waals surface area contributed by atoms with Gasteiger partial charge < -0.3 is 5.73 Å². The number of benzene rings is 1. The fraction of sp³-hybridized carbons (Fsp3) is 0.214. The number of nitrogen functional groups attached to an aromatic ring is 1. The first-order valence-corrected chi connectivity index (χ1v) is 8.21. The zero-order chi connectivity index (χ0) is 15.5. The molecule has 0 saturated carbocycles. The highest BCUT2D eigenvalue weighted by Crippen LogP contribution is 2.25. The number of hydrogen-bond acceptors (Lipinski definition) is 4. The van der Waals surface area contributed by atoms with E-state index in [1.54, 1.807) is 13.1 Å². The summed E-state index contributed by atoms with van der Waals surface area (Å²) >= 11 is 5.88. The molecule has 3 N–H and O–H groups in total. The number of nitrogens with two attached hydrogens (primary N) is 1. The number of hydrogen-bond donors (Lipinski definition) is 2. The maximum atomic E-state index is 12.3. The van der Waals surface area contributed by atoms with E-state index in [0.29, 0.717) is 22.7 Å². The molecule has 0 radical (unpaired) electrons. The molecular weight excluding hydrogens is 310 g/mol. The van der Waals surface area contributed by atoms with Crippen molar-refractivity contribution in [3.63, 3.8) is 0 Å². The molecule has 2 rings (SSSR count). The minimum absolute atomic E-state index is 0.105. The van der Waals surface area contributed by atoms with Crippen molar-refractivity contribution >= 4 is 27.3 Å². The lowest BCUT2D eigenvalue weighted by atomic mass is 10.2. The van der Waals surface area contributed by atoms with Gasteiger partial charge in [0.05, 0.1) is 4.90 Å². The van der Waals surface area contributed by atoms with Crippen LogP contribution < -0.4 is 10.5 Å². The van der Waals surface area contributed by atoms with Crippen LogP contribution in [0.25, 0.3) is 0 Å². The maximum absolute atomic E-state index is 12.3. The molecule has 0 aliphatic carbocycles. The summed E-state index contributed by atoms with van der Waals surface area (Å²) in [7, 11) is -3.65. The summed E-state index contributed by atoms with van der Waals surface area (Å²) in [6.07, 6.45) is 2.18. The molecule has 1 aromatic heterocycles. The lowest BCUT2D eigenvalue weighted by Gasteiger charge is -2.11. The van der Waals surface area contributed by atoms with Crippen LogP contribution >= 0.6 is 11.6 Å². The summed E-state index contributed by atoms with van der Waals surface area (Å²) in [5.41, 5.74) is 7.42. The van der Waals surface area contributed by atoms with Crippen LogP contribution in [-0.2, 0) is 16.4 Å². The summed E-state index contributed by atoms with van der Waals surface area (Å²) < 4.78 is 27.1. The quantitative estimate of drug-likeness (QED) is 0.825. The normalized spacial score (nSPS) is 11.5. The molecule has 112 valence electrons. The van der Waals surface area contributed by atoms with E-state index in [4.69, 9.17) is 17.3 Å². The number of aromatic nitrogens is 1. The van der Waals surface area contributed by atoms with Crippen LogP contribution in [0.5, 0.6) is 0 Å². The van der Waals surface area contributed by atoms with Gasteiger partial charge in [0.15, 0.2) is 0 Å². The third-order valence-electron chi connectivity index (χ3n) is 3.05. The van der Waals surface area contributed by atoms with Gasteiger partial charge in [-0.3, -0.25) is 4.98 Å². The number of pyridine rings is 1. The fourth-order valence-electron chi connectivity index (χ4n) is 1.89. The van der Waals surface area contributed by atoms with E-state index >= 15 is 0 Å². The van der Waals surface area contributed by atoms with Crippen molar-refractivity contribution in [3.8, 4) is 0 Å². The van der Waals surface area contributed by atoms with E-state index in [1.165, 1.54) is 12.1 Å².